The van der Waals surface area contributed by atoms with Gasteiger partial charge in [-0.1, -0.05) is 19.9 Å². The normalized spacial score (nSPS) is 10.3. The zero-order valence-electron chi connectivity index (χ0n) is 11.5. The second-order valence-corrected chi connectivity index (χ2v) is 4.76. The minimum Gasteiger partial charge on any atom is -0.495 e. The van der Waals surface area contributed by atoms with Crippen LogP contribution >= 0.6 is 0 Å². The molecule has 0 saturated heterocycles. The monoisotopic (exact) mass is 250 g/mol. The SMILES string of the molecule is COc1ccc(C)cc1NCC(=O)NCC(C)C. The molecule has 0 saturated carbocycles. The summed E-state index contributed by atoms with van der Waals surface area (Å²) in [4.78, 5) is 11.6. The van der Waals surface area contributed by atoms with Gasteiger partial charge in [0.05, 0.1) is 19.3 Å². The first-order valence-electron chi connectivity index (χ1n) is 6.18. The second kappa shape index (κ2) is 6.89. The minimum atomic E-state index is -0.00717. The number of amides is 1. The average molecular weight is 250 g/mol. The Kier molecular flexibility index (Phi) is 5.49. The van der Waals surface area contributed by atoms with E-state index in [1.54, 1.807) is 7.11 Å². The third-order valence-electron chi connectivity index (χ3n) is 2.50. The number of benzene rings is 1. The first-order chi connectivity index (χ1) is 8.52. The van der Waals surface area contributed by atoms with Gasteiger partial charge in [-0.05, 0) is 30.5 Å². The van der Waals surface area contributed by atoms with Crippen molar-refractivity contribution in [1.29, 1.82) is 0 Å². The number of ether oxygens (including phenoxy) is 1. The van der Waals surface area contributed by atoms with E-state index < -0.39 is 0 Å². The quantitative estimate of drug-likeness (QED) is 0.813. The molecule has 0 heterocycles. The predicted octanol–water partition coefficient (Wildman–Crippen LogP) is 2.19. The lowest BCUT2D eigenvalue weighted by molar-refractivity contribution is -0.119. The molecular weight excluding hydrogens is 228 g/mol. The highest BCUT2D eigenvalue weighted by Gasteiger charge is 2.06. The molecule has 1 aromatic rings. The number of methoxy groups -OCH3 is 1. The molecule has 0 fully saturated rings. The van der Waals surface area contributed by atoms with E-state index in [-0.39, 0.29) is 12.5 Å². The fourth-order valence-electron chi connectivity index (χ4n) is 1.52. The van der Waals surface area contributed by atoms with E-state index in [1.807, 2.05) is 25.1 Å². The Labute approximate surface area is 109 Å². The smallest absolute Gasteiger partial charge is 0.239 e. The molecule has 1 amide bonds. The van der Waals surface area contributed by atoms with Crippen molar-refractivity contribution < 1.29 is 9.53 Å². The number of carbonyl (C=O) groups excluding carboxylic acids is 1. The van der Waals surface area contributed by atoms with Crippen molar-refractivity contribution in [1.82, 2.24) is 5.32 Å². The van der Waals surface area contributed by atoms with Gasteiger partial charge in [0.25, 0.3) is 0 Å². The van der Waals surface area contributed by atoms with Crippen LogP contribution in [0, 0.1) is 12.8 Å². The van der Waals surface area contributed by atoms with E-state index in [1.165, 1.54) is 0 Å². The number of rotatable bonds is 6. The van der Waals surface area contributed by atoms with Gasteiger partial charge in [0.15, 0.2) is 0 Å². The summed E-state index contributed by atoms with van der Waals surface area (Å²) in [5, 5.41) is 5.95. The van der Waals surface area contributed by atoms with Crippen LogP contribution in [0.1, 0.15) is 19.4 Å². The molecule has 4 heteroatoms. The van der Waals surface area contributed by atoms with Crippen LogP contribution < -0.4 is 15.4 Å². The van der Waals surface area contributed by atoms with Crippen LogP contribution in [0.4, 0.5) is 5.69 Å². The van der Waals surface area contributed by atoms with E-state index in [9.17, 15) is 4.79 Å². The molecule has 0 aliphatic rings. The second-order valence-electron chi connectivity index (χ2n) is 4.76. The Balaban J connectivity index is 2.52. The summed E-state index contributed by atoms with van der Waals surface area (Å²) in [5.74, 6) is 1.20. The third kappa shape index (κ3) is 4.65. The van der Waals surface area contributed by atoms with Crippen molar-refractivity contribution >= 4 is 11.6 Å². The van der Waals surface area contributed by atoms with Gasteiger partial charge >= 0.3 is 0 Å². The standard InChI is InChI=1S/C14H22N2O2/c1-10(2)8-16-14(17)9-15-12-7-11(3)5-6-13(12)18-4/h5-7,10,15H,8-9H2,1-4H3,(H,16,17). The Morgan fingerprint density at radius 1 is 1.39 bits per heavy atom. The predicted molar refractivity (Wildman–Crippen MR) is 74.1 cm³/mol. The van der Waals surface area contributed by atoms with Crippen LogP contribution in [0.2, 0.25) is 0 Å². The molecule has 1 aromatic carbocycles. The lowest BCUT2D eigenvalue weighted by atomic mass is 10.2. The first-order valence-corrected chi connectivity index (χ1v) is 6.18. The molecule has 0 atom stereocenters. The summed E-state index contributed by atoms with van der Waals surface area (Å²) < 4.78 is 5.24. The molecule has 0 aromatic heterocycles. The van der Waals surface area contributed by atoms with E-state index >= 15 is 0 Å². The Hall–Kier alpha value is -1.71. The summed E-state index contributed by atoms with van der Waals surface area (Å²) in [6, 6.07) is 5.83. The van der Waals surface area contributed by atoms with Gasteiger partial charge < -0.3 is 15.4 Å². The van der Waals surface area contributed by atoms with Crippen molar-refractivity contribution in [2.24, 2.45) is 5.92 Å². The Bertz CT molecular complexity index is 403. The molecule has 0 spiro atoms. The van der Waals surface area contributed by atoms with Crippen LogP contribution in [-0.4, -0.2) is 26.1 Å². The first kappa shape index (κ1) is 14.4. The molecule has 0 bridgehead atoms. The van der Waals surface area contributed by atoms with Crippen LogP contribution in [-0.2, 0) is 4.79 Å². The average Bonchev–Trinajstić information content (AvgIpc) is 2.34. The molecule has 2 N–H and O–H groups in total. The molecule has 0 aliphatic carbocycles. The largest absolute Gasteiger partial charge is 0.495 e. The van der Waals surface area contributed by atoms with Gasteiger partial charge in [0, 0.05) is 6.54 Å². The maximum absolute atomic E-state index is 11.6. The fraction of sp³-hybridized carbons (Fsp3) is 0.500. The summed E-state index contributed by atoms with van der Waals surface area (Å²) in [7, 11) is 1.62. The highest BCUT2D eigenvalue weighted by molar-refractivity contribution is 5.81. The van der Waals surface area contributed by atoms with Gasteiger partial charge in [-0.2, -0.15) is 0 Å². The highest BCUT2D eigenvalue weighted by atomic mass is 16.5. The van der Waals surface area contributed by atoms with Crippen LogP contribution in [0.5, 0.6) is 5.75 Å². The molecule has 0 radical (unpaired) electrons. The molecule has 0 aliphatic heterocycles. The van der Waals surface area contributed by atoms with Gasteiger partial charge in [-0.25, -0.2) is 0 Å². The molecule has 0 unspecified atom stereocenters. The van der Waals surface area contributed by atoms with Crippen molar-refractivity contribution in [3.8, 4) is 5.75 Å². The lowest BCUT2D eigenvalue weighted by Crippen LogP contribution is -2.32. The van der Waals surface area contributed by atoms with Crippen LogP contribution in [0.25, 0.3) is 0 Å². The topological polar surface area (TPSA) is 50.4 Å². The zero-order valence-corrected chi connectivity index (χ0v) is 11.5. The Morgan fingerprint density at radius 3 is 2.72 bits per heavy atom. The maximum Gasteiger partial charge on any atom is 0.239 e. The molecule has 1 rings (SSSR count). The fourth-order valence-corrected chi connectivity index (χ4v) is 1.52. The van der Waals surface area contributed by atoms with E-state index in [2.05, 4.69) is 24.5 Å². The maximum atomic E-state index is 11.6. The van der Waals surface area contributed by atoms with Crippen molar-refractivity contribution in [3.63, 3.8) is 0 Å². The van der Waals surface area contributed by atoms with E-state index in [4.69, 9.17) is 4.74 Å². The van der Waals surface area contributed by atoms with E-state index in [0.29, 0.717) is 12.5 Å². The number of carbonyl (C=O) groups is 1. The molecule has 4 nitrogen and oxygen atoms in total. The van der Waals surface area contributed by atoms with Crippen molar-refractivity contribution in [2.75, 3.05) is 25.5 Å². The van der Waals surface area contributed by atoms with Gasteiger partial charge in [0.1, 0.15) is 5.75 Å². The van der Waals surface area contributed by atoms with Crippen LogP contribution in [0.3, 0.4) is 0 Å². The van der Waals surface area contributed by atoms with E-state index in [0.717, 1.165) is 17.0 Å². The molecular formula is C14H22N2O2. The minimum absolute atomic E-state index is 0.00717. The Morgan fingerprint density at radius 2 is 2.11 bits per heavy atom. The van der Waals surface area contributed by atoms with Crippen molar-refractivity contribution in [2.45, 2.75) is 20.8 Å². The van der Waals surface area contributed by atoms with Crippen LogP contribution in [0.15, 0.2) is 18.2 Å². The van der Waals surface area contributed by atoms with Crippen molar-refractivity contribution in [3.05, 3.63) is 23.8 Å². The summed E-state index contributed by atoms with van der Waals surface area (Å²) in [6.07, 6.45) is 0. The number of hydrogen-bond donors (Lipinski definition) is 2. The number of aryl methyl sites for hydroxylation is 1. The lowest BCUT2D eigenvalue weighted by Gasteiger charge is -2.12. The summed E-state index contributed by atoms with van der Waals surface area (Å²) >= 11 is 0. The van der Waals surface area contributed by atoms with Gasteiger partial charge in [-0.3, -0.25) is 4.79 Å². The number of nitrogens with one attached hydrogen (secondary N) is 2. The summed E-state index contributed by atoms with van der Waals surface area (Å²) in [5.41, 5.74) is 1.97. The summed E-state index contributed by atoms with van der Waals surface area (Å²) in [6.45, 7) is 7.09. The molecule has 18 heavy (non-hydrogen) atoms. The van der Waals surface area contributed by atoms with Gasteiger partial charge in [-0.15, -0.1) is 0 Å². The number of hydrogen-bond acceptors (Lipinski definition) is 3. The number of anilines is 1. The van der Waals surface area contributed by atoms with Gasteiger partial charge in [0.2, 0.25) is 5.91 Å². The molecule has 100 valence electrons. The zero-order chi connectivity index (χ0) is 13.5. The highest BCUT2D eigenvalue weighted by Crippen LogP contribution is 2.24. The third-order valence-corrected chi connectivity index (χ3v) is 2.50.